The first-order valence-electron chi connectivity index (χ1n) is 6.87. The summed E-state index contributed by atoms with van der Waals surface area (Å²) in [6.07, 6.45) is -1.18. The van der Waals surface area contributed by atoms with Gasteiger partial charge in [0, 0.05) is 19.7 Å². The number of hydrogen-bond donors (Lipinski definition) is 2. The lowest BCUT2D eigenvalue weighted by molar-refractivity contribution is 0.124. The Bertz CT molecular complexity index is 669. The van der Waals surface area contributed by atoms with Gasteiger partial charge in [-0.25, -0.2) is 9.59 Å². The van der Waals surface area contributed by atoms with Crippen LogP contribution in [0.15, 0.2) is 34.9 Å². The number of benzene rings is 1. The molecule has 8 heteroatoms. The van der Waals surface area contributed by atoms with Gasteiger partial charge in [-0.2, -0.15) is 0 Å². The molecule has 0 aliphatic rings. The lowest BCUT2D eigenvalue weighted by atomic mass is 10.1. The van der Waals surface area contributed by atoms with Crippen LogP contribution in [0.1, 0.15) is 11.3 Å². The molecular formula is C15H17N3O5. The smallest absolute Gasteiger partial charge is 0.407 e. The first-order chi connectivity index (χ1) is 11.2. The van der Waals surface area contributed by atoms with Crippen LogP contribution < -0.4 is 10.6 Å². The second-order valence-corrected chi connectivity index (χ2v) is 4.45. The number of amides is 2. The number of ether oxygens (including phenoxy) is 2. The maximum atomic E-state index is 11.3. The molecule has 0 saturated carbocycles. The summed E-state index contributed by atoms with van der Waals surface area (Å²) in [4.78, 5) is 22.5. The van der Waals surface area contributed by atoms with E-state index in [2.05, 4.69) is 15.8 Å². The van der Waals surface area contributed by atoms with E-state index in [1.54, 1.807) is 0 Å². The summed E-state index contributed by atoms with van der Waals surface area (Å²) in [5.74, 6) is 0.316. The van der Waals surface area contributed by atoms with Crippen LogP contribution in [0.25, 0.3) is 11.3 Å². The highest BCUT2D eigenvalue weighted by Gasteiger charge is 2.20. The monoisotopic (exact) mass is 319 g/mol. The van der Waals surface area contributed by atoms with Gasteiger partial charge in [-0.05, 0) is 0 Å². The number of alkyl carbamates (subject to hydrolysis) is 2. The average molecular weight is 319 g/mol. The molecule has 23 heavy (non-hydrogen) atoms. The lowest BCUT2D eigenvalue weighted by Crippen LogP contribution is -2.20. The van der Waals surface area contributed by atoms with E-state index in [1.165, 1.54) is 14.1 Å². The molecule has 1 heterocycles. The number of hydrogen-bond acceptors (Lipinski definition) is 6. The van der Waals surface area contributed by atoms with Crippen molar-refractivity contribution in [2.45, 2.75) is 13.2 Å². The third-order valence-corrected chi connectivity index (χ3v) is 3.01. The summed E-state index contributed by atoms with van der Waals surface area (Å²) < 4.78 is 15.3. The highest BCUT2D eigenvalue weighted by atomic mass is 16.6. The Kier molecular flexibility index (Phi) is 5.56. The van der Waals surface area contributed by atoms with Gasteiger partial charge >= 0.3 is 12.2 Å². The van der Waals surface area contributed by atoms with Crippen LogP contribution in [-0.2, 0) is 22.7 Å². The van der Waals surface area contributed by atoms with Crippen molar-refractivity contribution in [1.82, 2.24) is 15.8 Å². The second kappa shape index (κ2) is 7.83. The number of nitrogens with zero attached hydrogens (tertiary/aromatic N) is 1. The van der Waals surface area contributed by atoms with Gasteiger partial charge in [0.1, 0.15) is 12.3 Å². The molecule has 0 atom stereocenters. The molecule has 2 aromatic rings. The van der Waals surface area contributed by atoms with Crippen molar-refractivity contribution in [2.75, 3.05) is 14.1 Å². The Balaban J connectivity index is 2.25. The zero-order valence-electron chi connectivity index (χ0n) is 12.8. The van der Waals surface area contributed by atoms with E-state index in [0.717, 1.165) is 5.56 Å². The van der Waals surface area contributed by atoms with Gasteiger partial charge in [0.25, 0.3) is 0 Å². The van der Waals surface area contributed by atoms with Crippen LogP contribution in [0.4, 0.5) is 9.59 Å². The van der Waals surface area contributed by atoms with E-state index < -0.39 is 12.2 Å². The fraction of sp³-hybridized carbons (Fsp3) is 0.267. The molecular weight excluding hydrogens is 302 g/mol. The lowest BCUT2D eigenvalue weighted by Gasteiger charge is -2.06. The Labute approximate surface area is 132 Å². The molecule has 0 spiro atoms. The largest absolute Gasteiger partial charge is 0.444 e. The maximum Gasteiger partial charge on any atom is 0.407 e. The molecule has 0 saturated heterocycles. The van der Waals surface area contributed by atoms with Gasteiger partial charge in [0.15, 0.2) is 12.4 Å². The molecule has 2 amide bonds. The summed E-state index contributed by atoms with van der Waals surface area (Å²) in [6.45, 7) is -0.175. The topological polar surface area (TPSA) is 103 Å². The Morgan fingerprint density at radius 2 is 1.65 bits per heavy atom. The molecule has 0 aliphatic heterocycles. The van der Waals surface area contributed by atoms with Gasteiger partial charge in [-0.15, -0.1) is 0 Å². The van der Waals surface area contributed by atoms with Crippen LogP contribution in [0.2, 0.25) is 0 Å². The van der Waals surface area contributed by atoms with E-state index in [4.69, 9.17) is 14.0 Å². The SMILES string of the molecule is CNC(=O)OCc1onc(-c2ccccc2)c1COC(=O)NC. The van der Waals surface area contributed by atoms with Crippen molar-refractivity contribution in [3.63, 3.8) is 0 Å². The summed E-state index contributed by atoms with van der Waals surface area (Å²) in [7, 11) is 2.91. The van der Waals surface area contributed by atoms with Gasteiger partial charge in [0.2, 0.25) is 0 Å². The molecule has 0 radical (unpaired) electrons. The molecule has 0 bridgehead atoms. The van der Waals surface area contributed by atoms with Gasteiger partial charge in [-0.1, -0.05) is 35.5 Å². The quantitative estimate of drug-likeness (QED) is 0.874. The standard InChI is InChI=1S/C15H17N3O5/c1-16-14(19)21-8-11-12(9-22-15(20)17-2)23-18-13(11)10-6-4-3-5-7-10/h3-7H,8-9H2,1-2H3,(H,16,19)(H,17,20). The number of aromatic nitrogens is 1. The maximum absolute atomic E-state index is 11.3. The molecule has 2 N–H and O–H groups in total. The fourth-order valence-electron chi connectivity index (χ4n) is 1.84. The van der Waals surface area contributed by atoms with E-state index >= 15 is 0 Å². The van der Waals surface area contributed by atoms with Crippen LogP contribution >= 0.6 is 0 Å². The van der Waals surface area contributed by atoms with Crippen LogP contribution in [0.5, 0.6) is 0 Å². The fourth-order valence-corrected chi connectivity index (χ4v) is 1.84. The molecule has 0 fully saturated rings. The molecule has 0 aliphatic carbocycles. The van der Waals surface area contributed by atoms with Crippen LogP contribution in [-0.4, -0.2) is 31.4 Å². The Morgan fingerprint density at radius 3 is 2.26 bits per heavy atom. The minimum absolute atomic E-state index is 0.0557. The molecule has 2 rings (SSSR count). The Morgan fingerprint density at radius 1 is 1.04 bits per heavy atom. The van der Waals surface area contributed by atoms with Gasteiger partial charge < -0.3 is 24.6 Å². The van der Waals surface area contributed by atoms with Crippen molar-refractivity contribution in [3.8, 4) is 11.3 Å². The summed E-state index contributed by atoms with van der Waals surface area (Å²) in [6, 6.07) is 9.29. The van der Waals surface area contributed by atoms with Crippen LogP contribution in [0.3, 0.4) is 0 Å². The van der Waals surface area contributed by atoms with Crippen molar-refractivity contribution in [2.24, 2.45) is 0 Å². The van der Waals surface area contributed by atoms with Crippen molar-refractivity contribution >= 4 is 12.2 Å². The van der Waals surface area contributed by atoms with E-state index in [-0.39, 0.29) is 13.2 Å². The molecule has 8 nitrogen and oxygen atoms in total. The Hall–Kier alpha value is -3.03. The second-order valence-electron chi connectivity index (χ2n) is 4.45. The number of carbonyl (C=O) groups excluding carboxylic acids is 2. The molecule has 122 valence electrons. The molecule has 1 aromatic heterocycles. The van der Waals surface area contributed by atoms with Crippen molar-refractivity contribution in [1.29, 1.82) is 0 Å². The summed E-state index contributed by atoms with van der Waals surface area (Å²) >= 11 is 0. The molecule has 0 unspecified atom stereocenters. The summed E-state index contributed by atoms with van der Waals surface area (Å²) in [5.41, 5.74) is 1.88. The number of carbonyl (C=O) groups is 2. The first kappa shape index (κ1) is 16.3. The summed E-state index contributed by atoms with van der Waals surface area (Å²) in [5, 5.41) is 8.69. The molecule has 1 aromatic carbocycles. The van der Waals surface area contributed by atoms with Crippen molar-refractivity contribution < 1.29 is 23.6 Å². The predicted octanol–water partition coefficient (Wildman–Crippen LogP) is 2.05. The zero-order chi connectivity index (χ0) is 16.7. The van der Waals surface area contributed by atoms with Crippen molar-refractivity contribution in [3.05, 3.63) is 41.7 Å². The first-order valence-corrected chi connectivity index (χ1v) is 6.87. The average Bonchev–Trinajstić information content (AvgIpc) is 3.01. The zero-order valence-corrected chi connectivity index (χ0v) is 12.8. The van der Waals surface area contributed by atoms with E-state index in [9.17, 15) is 9.59 Å². The third kappa shape index (κ3) is 4.22. The highest BCUT2D eigenvalue weighted by molar-refractivity contribution is 5.68. The number of nitrogens with one attached hydrogen (secondary N) is 2. The predicted molar refractivity (Wildman–Crippen MR) is 80.4 cm³/mol. The normalized spacial score (nSPS) is 10.0. The van der Waals surface area contributed by atoms with E-state index in [0.29, 0.717) is 17.0 Å². The minimum Gasteiger partial charge on any atom is -0.444 e. The van der Waals surface area contributed by atoms with Gasteiger partial charge in [-0.3, -0.25) is 0 Å². The highest BCUT2D eigenvalue weighted by Crippen LogP contribution is 2.26. The van der Waals surface area contributed by atoms with Gasteiger partial charge in [0.05, 0.1) is 5.56 Å². The van der Waals surface area contributed by atoms with Crippen LogP contribution in [0, 0.1) is 0 Å². The number of rotatable bonds is 5. The third-order valence-electron chi connectivity index (χ3n) is 3.01. The van der Waals surface area contributed by atoms with E-state index in [1.807, 2.05) is 30.3 Å². The minimum atomic E-state index is -0.596.